The third kappa shape index (κ3) is 4.94. The zero-order chi connectivity index (χ0) is 16.7. The van der Waals surface area contributed by atoms with E-state index in [2.05, 4.69) is 5.32 Å². The molecule has 2 rings (SSSR count). The predicted molar refractivity (Wildman–Crippen MR) is 87.3 cm³/mol. The van der Waals surface area contributed by atoms with E-state index in [1.807, 2.05) is 37.3 Å². The molecule has 2 aromatic rings. The Kier molecular flexibility index (Phi) is 6.38. The van der Waals surface area contributed by atoms with Gasteiger partial charge in [-0.25, -0.2) is 4.39 Å². The minimum Gasteiger partial charge on any atom is -0.496 e. The fourth-order valence-electron chi connectivity index (χ4n) is 2.30. The van der Waals surface area contributed by atoms with Crippen molar-refractivity contribution >= 4 is 0 Å². The van der Waals surface area contributed by atoms with Crippen LogP contribution in [-0.4, -0.2) is 31.5 Å². The van der Waals surface area contributed by atoms with Crippen LogP contribution in [0.15, 0.2) is 48.5 Å². The van der Waals surface area contributed by atoms with Crippen LogP contribution in [0.5, 0.6) is 11.5 Å². The van der Waals surface area contributed by atoms with Crippen molar-refractivity contribution in [1.82, 2.24) is 5.32 Å². The Balaban J connectivity index is 1.85. The minimum atomic E-state index is -0.699. The molecule has 0 aliphatic carbocycles. The van der Waals surface area contributed by atoms with Gasteiger partial charge in [0.05, 0.1) is 7.11 Å². The predicted octanol–water partition coefficient (Wildman–Crippen LogP) is 2.92. The van der Waals surface area contributed by atoms with Crippen LogP contribution in [0.2, 0.25) is 0 Å². The van der Waals surface area contributed by atoms with Gasteiger partial charge in [0, 0.05) is 18.2 Å². The number of hydrogen-bond donors (Lipinski definition) is 2. The average Bonchev–Trinajstić information content (AvgIpc) is 2.58. The number of nitrogens with one attached hydrogen (secondary N) is 1. The second-order valence-corrected chi connectivity index (χ2v) is 5.26. The zero-order valence-corrected chi connectivity index (χ0v) is 13.3. The highest BCUT2D eigenvalue weighted by molar-refractivity contribution is 5.36. The molecule has 124 valence electrons. The molecule has 2 atom stereocenters. The summed E-state index contributed by atoms with van der Waals surface area (Å²) in [5.41, 5.74) is 0.450. The highest BCUT2D eigenvalue weighted by atomic mass is 19.1. The van der Waals surface area contributed by atoms with Gasteiger partial charge in [-0.1, -0.05) is 24.3 Å². The maximum Gasteiger partial charge on any atom is 0.131 e. The molecule has 0 fully saturated rings. The van der Waals surface area contributed by atoms with E-state index in [-0.39, 0.29) is 25.0 Å². The third-order valence-electron chi connectivity index (χ3n) is 3.51. The van der Waals surface area contributed by atoms with Crippen molar-refractivity contribution in [1.29, 1.82) is 0 Å². The summed E-state index contributed by atoms with van der Waals surface area (Å²) in [5.74, 6) is 0.856. The quantitative estimate of drug-likeness (QED) is 0.785. The Labute approximate surface area is 135 Å². The molecular formula is C18H22FNO3. The Hall–Kier alpha value is -2.11. The van der Waals surface area contributed by atoms with Gasteiger partial charge in [0.15, 0.2) is 0 Å². The maximum absolute atomic E-state index is 14.0. The molecular weight excluding hydrogens is 297 g/mol. The van der Waals surface area contributed by atoms with E-state index >= 15 is 0 Å². The van der Waals surface area contributed by atoms with E-state index in [1.165, 1.54) is 13.2 Å². The lowest BCUT2D eigenvalue weighted by Gasteiger charge is -2.20. The summed E-state index contributed by atoms with van der Waals surface area (Å²) >= 11 is 0. The van der Waals surface area contributed by atoms with Crippen LogP contribution in [0.1, 0.15) is 18.5 Å². The van der Waals surface area contributed by atoms with Gasteiger partial charge in [-0.05, 0) is 31.2 Å². The molecule has 0 radical (unpaired) electrons. The molecule has 0 aromatic heterocycles. The third-order valence-corrected chi connectivity index (χ3v) is 3.51. The first kappa shape index (κ1) is 17.2. The topological polar surface area (TPSA) is 50.7 Å². The SMILES string of the molecule is COc1cccc(F)c1C(C)NCC(O)COc1ccccc1. The molecule has 0 spiro atoms. The monoisotopic (exact) mass is 319 g/mol. The molecule has 4 nitrogen and oxygen atoms in total. The molecule has 0 aliphatic heterocycles. The summed E-state index contributed by atoms with van der Waals surface area (Å²) in [4.78, 5) is 0. The van der Waals surface area contributed by atoms with Crippen LogP contribution < -0.4 is 14.8 Å². The number of para-hydroxylation sites is 1. The number of benzene rings is 2. The van der Waals surface area contributed by atoms with E-state index in [0.717, 1.165) is 0 Å². The smallest absolute Gasteiger partial charge is 0.131 e. The van der Waals surface area contributed by atoms with E-state index in [1.54, 1.807) is 12.1 Å². The highest BCUT2D eigenvalue weighted by Crippen LogP contribution is 2.27. The van der Waals surface area contributed by atoms with Crippen molar-refractivity contribution in [3.8, 4) is 11.5 Å². The molecule has 5 heteroatoms. The van der Waals surface area contributed by atoms with Gasteiger partial charge in [0.2, 0.25) is 0 Å². The second-order valence-electron chi connectivity index (χ2n) is 5.26. The molecule has 0 saturated heterocycles. The Morgan fingerprint density at radius 3 is 2.57 bits per heavy atom. The number of aliphatic hydroxyl groups excluding tert-OH is 1. The lowest BCUT2D eigenvalue weighted by Crippen LogP contribution is -2.33. The first-order valence-electron chi connectivity index (χ1n) is 7.53. The molecule has 23 heavy (non-hydrogen) atoms. The average molecular weight is 319 g/mol. The van der Waals surface area contributed by atoms with Crippen LogP contribution in [0.3, 0.4) is 0 Å². The number of aliphatic hydroxyl groups is 1. The van der Waals surface area contributed by atoms with Gasteiger partial charge < -0.3 is 19.9 Å². The molecule has 0 aliphatic rings. The summed E-state index contributed by atoms with van der Waals surface area (Å²) in [5, 5.41) is 13.1. The Morgan fingerprint density at radius 1 is 1.13 bits per heavy atom. The number of rotatable bonds is 8. The normalized spacial score (nSPS) is 13.4. The summed E-state index contributed by atoms with van der Waals surface area (Å²) in [6.45, 7) is 2.27. The first-order chi connectivity index (χ1) is 11.1. The van der Waals surface area contributed by atoms with Crippen molar-refractivity contribution in [2.45, 2.75) is 19.1 Å². The fourth-order valence-corrected chi connectivity index (χ4v) is 2.30. The largest absolute Gasteiger partial charge is 0.496 e. The van der Waals surface area contributed by atoms with Crippen LogP contribution >= 0.6 is 0 Å². The van der Waals surface area contributed by atoms with Gasteiger partial charge in [-0.2, -0.15) is 0 Å². The van der Waals surface area contributed by atoms with Crippen LogP contribution in [0.4, 0.5) is 4.39 Å². The molecule has 2 N–H and O–H groups in total. The van der Waals surface area contributed by atoms with Gasteiger partial charge in [0.1, 0.15) is 30.0 Å². The summed E-state index contributed by atoms with van der Waals surface area (Å²) in [6, 6.07) is 13.7. The zero-order valence-electron chi connectivity index (χ0n) is 13.3. The van der Waals surface area contributed by atoms with Gasteiger partial charge in [-0.15, -0.1) is 0 Å². The van der Waals surface area contributed by atoms with Crippen LogP contribution in [0.25, 0.3) is 0 Å². The van der Waals surface area contributed by atoms with Crippen molar-refractivity contribution in [2.24, 2.45) is 0 Å². The second kappa shape index (κ2) is 8.50. The van der Waals surface area contributed by atoms with Crippen LogP contribution in [-0.2, 0) is 0 Å². The standard InChI is InChI=1S/C18H22FNO3/c1-13(18-16(19)9-6-10-17(18)22-2)20-11-14(21)12-23-15-7-4-3-5-8-15/h3-10,13-14,20-21H,11-12H2,1-2H3. The molecule has 0 heterocycles. The van der Waals surface area contributed by atoms with Gasteiger partial charge in [0.25, 0.3) is 0 Å². The van der Waals surface area contributed by atoms with E-state index in [9.17, 15) is 9.50 Å². The maximum atomic E-state index is 14.0. The number of methoxy groups -OCH3 is 1. The van der Waals surface area contributed by atoms with Crippen LogP contribution in [0, 0.1) is 5.82 Å². The first-order valence-corrected chi connectivity index (χ1v) is 7.53. The summed E-state index contributed by atoms with van der Waals surface area (Å²) in [7, 11) is 1.51. The molecule has 2 unspecified atom stereocenters. The van der Waals surface area contributed by atoms with Crippen molar-refractivity contribution in [3.05, 3.63) is 59.9 Å². The van der Waals surface area contributed by atoms with Crippen molar-refractivity contribution in [3.63, 3.8) is 0 Å². The lowest BCUT2D eigenvalue weighted by atomic mass is 10.1. The molecule has 0 amide bonds. The minimum absolute atomic E-state index is 0.165. The lowest BCUT2D eigenvalue weighted by molar-refractivity contribution is 0.104. The van der Waals surface area contributed by atoms with Gasteiger partial charge in [-0.3, -0.25) is 0 Å². The van der Waals surface area contributed by atoms with Crippen molar-refractivity contribution in [2.75, 3.05) is 20.3 Å². The number of halogens is 1. The molecule has 0 saturated carbocycles. The fraction of sp³-hybridized carbons (Fsp3) is 0.333. The van der Waals surface area contributed by atoms with E-state index in [0.29, 0.717) is 17.1 Å². The summed E-state index contributed by atoms with van der Waals surface area (Å²) < 4.78 is 24.7. The van der Waals surface area contributed by atoms with Gasteiger partial charge >= 0.3 is 0 Å². The Morgan fingerprint density at radius 2 is 1.87 bits per heavy atom. The number of hydrogen-bond acceptors (Lipinski definition) is 4. The van der Waals surface area contributed by atoms with E-state index < -0.39 is 6.10 Å². The highest BCUT2D eigenvalue weighted by Gasteiger charge is 2.17. The van der Waals surface area contributed by atoms with E-state index in [4.69, 9.17) is 9.47 Å². The summed E-state index contributed by atoms with van der Waals surface area (Å²) in [6.07, 6.45) is -0.699. The Bertz CT molecular complexity index is 606. The van der Waals surface area contributed by atoms with Crippen molar-refractivity contribution < 1.29 is 19.0 Å². The number of ether oxygens (including phenoxy) is 2. The molecule has 0 bridgehead atoms. The molecule has 2 aromatic carbocycles.